The number of benzene rings is 1. The summed E-state index contributed by atoms with van der Waals surface area (Å²) in [6.07, 6.45) is -2.28. The smallest absolute Gasteiger partial charge is 0.453 e. The first-order valence-electron chi connectivity index (χ1n) is 9.73. The molecule has 7 nitrogen and oxygen atoms in total. The van der Waals surface area contributed by atoms with Gasteiger partial charge in [0.25, 0.3) is 0 Å². The average Bonchev–Trinajstić information content (AvgIpc) is 3.24. The van der Waals surface area contributed by atoms with Crippen LogP contribution in [0.5, 0.6) is 5.75 Å². The molecule has 0 saturated carbocycles. The Kier molecular flexibility index (Phi) is 6.77. The summed E-state index contributed by atoms with van der Waals surface area (Å²) >= 11 is 0. The van der Waals surface area contributed by atoms with Crippen molar-refractivity contribution in [1.82, 2.24) is 24.5 Å². The van der Waals surface area contributed by atoms with E-state index in [2.05, 4.69) is 15.1 Å². The van der Waals surface area contributed by atoms with Crippen LogP contribution in [0.1, 0.15) is 25.7 Å². The number of methoxy groups -OCH3 is 1. The Morgan fingerprint density at radius 1 is 1.10 bits per heavy atom. The third-order valence-corrected chi connectivity index (χ3v) is 5.06. The summed E-state index contributed by atoms with van der Waals surface area (Å²) in [5.41, 5.74) is 7.16. The van der Waals surface area contributed by atoms with Crippen LogP contribution in [-0.2, 0) is 0 Å². The molecule has 170 valence electrons. The highest BCUT2D eigenvalue weighted by Gasteiger charge is 2.56. The Morgan fingerprint density at radius 2 is 1.81 bits per heavy atom. The summed E-state index contributed by atoms with van der Waals surface area (Å²) in [6, 6.07) is 5.63. The number of nitrogen functional groups attached to an aromatic ring is 1. The lowest BCUT2D eigenvalue weighted by Crippen LogP contribution is -2.41. The molecule has 3 aromatic rings. The molecule has 1 saturated heterocycles. The minimum Gasteiger partial charge on any atom is -0.494 e. The SMILES string of the molecule is COc1cccc2c1nc(N)n1ncnc21.FC(F)(F)C(F)(F)CCN1CCCCC1. The Balaban J connectivity index is 0.000000176. The first-order valence-corrected chi connectivity index (χ1v) is 9.73. The number of hydrogen-bond donors (Lipinski definition) is 1. The summed E-state index contributed by atoms with van der Waals surface area (Å²) in [7, 11) is 1.60. The van der Waals surface area contributed by atoms with Gasteiger partial charge in [-0.15, -0.1) is 0 Å². The summed E-state index contributed by atoms with van der Waals surface area (Å²) in [5, 5.41) is 4.87. The minimum atomic E-state index is -5.41. The van der Waals surface area contributed by atoms with Crippen LogP contribution in [0.2, 0.25) is 0 Å². The van der Waals surface area contributed by atoms with E-state index in [1.54, 1.807) is 12.0 Å². The number of alkyl halides is 5. The maximum atomic E-state index is 12.5. The number of piperidine rings is 1. The van der Waals surface area contributed by atoms with E-state index in [1.807, 2.05) is 18.2 Å². The third kappa shape index (κ3) is 5.12. The quantitative estimate of drug-likeness (QED) is 0.612. The monoisotopic (exact) mass is 446 g/mol. The lowest BCUT2D eigenvalue weighted by Gasteiger charge is -2.28. The molecule has 31 heavy (non-hydrogen) atoms. The molecule has 12 heteroatoms. The van der Waals surface area contributed by atoms with E-state index >= 15 is 0 Å². The van der Waals surface area contributed by atoms with Crippen LogP contribution in [-0.4, -0.2) is 63.3 Å². The number of halogens is 5. The van der Waals surface area contributed by atoms with Crippen molar-refractivity contribution in [1.29, 1.82) is 0 Å². The van der Waals surface area contributed by atoms with Gasteiger partial charge < -0.3 is 15.4 Å². The van der Waals surface area contributed by atoms with E-state index < -0.39 is 18.5 Å². The van der Waals surface area contributed by atoms with Gasteiger partial charge in [-0.2, -0.15) is 31.6 Å². The van der Waals surface area contributed by atoms with Crippen LogP contribution in [0.3, 0.4) is 0 Å². The lowest BCUT2D eigenvalue weighted by molar-refractivity contribution is -0.285. The molecule has 3 heterocycles. The number of anilines is 1. The second-order valence-corrected chi connectivity index (χ2v) is 7.18. The lowest BCUT2D eigenvalue weighted by atomic mass is 10.1. The van der Waals surface area contributed by atoms with Crippen LogP contribution in [0.4, 0.5) is 27.9 Å². The number of hydrogen-bond acceptors (Lipinski definition) is 6. The van der Waals surface area contributed by atoms with Gasteiger partial charge in [0.15, 0.2) is 5.65 Å². The molecule has 1 aliphatic rings. The number of para-hydroxylation sites is 1. The molecule has 0 spiro atoms. The molecule has 0 atom stereocenters. The standard InChI is InChI=1S/C10H9N5O.C9H14F5N/c1-16-7-4-2-3-6-8(7)14-10(11)15-9(6)12-5-13-15;10-8(11,9(12,13)14)4-7-15-5-2-1-3-6-15/h2-5H,1H3,(H2,11,14);1-7H2. The van der Waals surface area contributed by atoms with Crippen LogP contribution >= 0.6 is 0 Å². The van der Waals surface area contributed by atoms with E-state index in [1.165, 1.54) is 10.8 Å². The molecule has 0 amide bonds. The van der Waals surface area contributed by atoms with Gasteiger partial charge in [-0.1, -0.05) is 12.5 Å². The van der Waals surface area contributed by atoms with E-state index in [0.29, 0.717) is 36.0 Å². The van der Waals surface area contributed by atoms with Gasteiger partial charge in [0.2, 0.25) is 5.95 Å². The number of fused-ring (bicyclic) bond motifs is 3. The van der Waals surface area contributed by atoms with Crippen LogP contribution in [0.15, 0.2) is 24.5 Å². The molecule has 2 N–H and O–H groups in total. The van der Waals surface area contributed by atoms with Crippen molar-refractivity contribution < 1.29 is 26.7 Å². The van der Waals surface area contributed by atoms with E-state index in [-0.39, 0.29) is 6.54 Å². The van der Waals surface area contributed by atoms with Crippen molar-refractivity contribution >= 4 is 22.5 Å². The van der Waals surface area contributed by atoms with E-state index in [0.717, 1.165) is 24.6 Å². The van der Waals surface area contributed by atoms with Crippen molar-refractivity contribution in [3.63, 3.8) is 0 Å². The molecule has 2 aromatic heterocycles. The summed E-state index contributed by atoms with van der Waals surface area (Å²) < 4.78 is 67.3. The first kappa shape index (κ1) is 22.9. The highest BCUT2D eigenvalue weighted by molar-refractivity contribution is 5.95. The topological polar surface area (TPSA) is 81.6 Å². The zero-order valence-corrected chi connectivity index (χ0v) is 16.9. The molecule has 0 aliphatic carbocycles. The molecular weight excluding hydrogens is 423 g/mol. The second-order valence-electron chi connectivity index (χ2n) is 7.18. The Bertz CT molecular complexity index is 1020. The summed E-state index contributed by atoms with van der Waals surface area (Å²) in [5.74, 6) is -3.58. The molecule has 4 rings (SSSR count). The molecule has 0 radical (unpaired) electrons. The van der Waals surface area contributed by atoms with Crippen molar-refractivity contribution in [3.8, 4) is 5.75 Å². The van der Waals surface area contributed by atoms with Gasteiger partial charge in [0.1, 0.15) is 17.6 Å². The van der Waals surface area contributed by atoms with Gasteiger partial charge in [-0.3, -0.25) is 0 Å². The largest absolute Gasteiger partial charge is 0.494 e. The zero-order chi connectivity index (χ0) is 22.6. The fourth-order valence-electron chi connectivity index (χ4n) is 3.36. The van der Waals surface area contributed by atoms with Gasteiger partial charge in [0.05, 0.1) is 7.11 Å². The van der Waals surface area contributed by atoms with Crippen molar-refractivity contribution in [2.75, 3.05) is 32.5 Å². The summed E-state index contributed by atoms with van der Waals surface area (Å²) in [6.45, 7) is 1.09. The molecule has 0 bridgehead atoms. The predicted molar refractivity (Wildman–Crippen MR) is 105 cm³/mol. The number of ether oxygens (including phenoxy) is 1. The Morgan fingerprint density at radius 3 is 2.45 bits per heavy atom. The molecular formula is C19H23F5N6O. The van der Waals surface area contributed by atoms with Gasteiger partial charge >= 0.3 is 12.1 Å². The summed E-state index contributed by atoms with van der Waals surface area (Å²) in [4.78, 5) is 10.1. The van der Waals surface area contributed by atoms with Crippen molar-refractivity contribution in [2.24, 2.45) is 0 Å². The number of aromatic nitrogens is 4. The maximum Gasteiger partial charge on any atom is 0.453 e. The molecule has 1 fully saturated rings. The first-order chi connectivity index (χ1) is 14.6. The highest BCUT2D eigenvalue weighted by atomic mass is 19.4. The van der Waals surface area contributed by atoms with Gasteiger partial charge in [-0.05, 0) is 38.1 Å². The van der Waals surface area contributed by atoms with Crippen molar-refractivity contribution in [3.05, 3.63) is 24.5 Å². The second kappa shape index (κ2) is 9.16. The third-order valence-electron chi connectivity index (χ3n) is 5.06. The molecule has 0 unspecified atom stereocenters. The maximum absolute atomic E-state index is 12.5. The number of likely N-dealkylation sites (tertiary alicyclic amines) is 1. The molecule has 1 aliphatic heterocycles. The Labute approximate surface area is 175 Å². The van der Waals surface area contributed by atoms with E-state index in [4.69, 9.17) is 10.5 Å². The van der Waals surface area contributed by atoms with Gasteiger partial charge in [-0.25, -0.2) is 9.97 Å². The fraction of sp³-hybridized carbons (Fsp3) is 0.526. The Hall–Kier alpha value is -2.76. The van der Waals surface area contributed by atoms with Crippen LogP contribution < -0.4 is 10.5 Å². The zero-order valence-electron chi connectivity index (χ0n) is 16.9. The minimum absolute atomic E-state index is 0.174. The number of nitrogens with zero attached hydrogens (tertiary/aromatic N) is 5. The molecule has 1 aromatic carbocycles. The number of nitrogens with two attached hydrogens (primary N) is 1. The van der Waals surface area contributed by atoms with Gasteiger partial charge in [0, 0.05) is 18.4 Å². The van der Waals surface area contributed by atoms with Crippen LogP contribution in [0.25, 0.3) is 16.6 Å². The predicted octanol–water partition coefficient (Wildman–Crippen LogP) is 3.93. The number of rotatable bonds is 4. The highest BCUT2D eigenvalue weighted by Crippen LogP contribution is 2.38. The van der Waals surface area contributed by atoms with E-state index in [9.17, 15) is 22.0 Å². The fourth-order valence-corrected chi connectivity index (χ4v) is 3.36. The van der Waals surface area contributed by atoms with Crippen LogP contribution in [0, 0.1) is 0 Å². The van der Waals surface area contributed by atoms with Crippen molar-refractivity contribution in [2.45, 2.75) is 37.8 Å². The normalized spacial score (nSPS) is 15.7. The average molecular weight is 446 g/mol.